The summed E-state index contributed by atoms with van der Waals surface area (Å²) in [4.78, 5) is 2.40. The Morgan fingerprint density at radius 1 is 0.423 bits per heavy atom. The van der Waals surface area contributed by atoms with E-state index >= 15 is 0 Å². The molecule has 52 heavy (non-hydrogen) atoms. The highest BCUT2D eigenvalue weighted by atomic mass is 16.3. The van der Waals surface area contributed by atoms with Crippen molar-refractivity contribution in [2.45, 2.75) is 19.3 Å². The van der Waals surface area contributed by atoms with E-state index in [9.17, 15) is 0 Å². The molecule has 0 N–H and O–H groups in total. The number of anilines is 3. The lowest BCUT2D eigenvalue weighted by molar-refractivity contribution is 0.660. The summed E-state index contributed by atoms with van der Waals surface area (Å²) in [5.41, 5.74) is 14.2. The fourth-order valence-electron chi connectivity index (χ4n) is 8.79. The third-order valence-electron chi connectivity index (χ3n) is 11.3. The van der Waals surface area contributed by atoms with Crippen LogP contribution in [-0.4, -0.2) is 0 Å². The standard InChI is InChI=1S/C49H33NO2/c1-49(2)41-18-8-5-14-34(41)35-26-23-31(28-42(35)49)50(32-24-27-38-37-16-7-10-20-44(37)51-46(38)29-32)43-19-9-6-15-36(43)39-17-11-21-45-47(39)40-25-22-30-12-3-4-13-33(30)48(40)52-45/h3-29H,1-2H3. The van der Waals surface area contributed by atoms with Crippen LogP contribution in [0.2, 0.25) is 0 Å². The molecule has 246 valence electrons. The van der Waals surface area contributed by atoms with Crippen molar-refractivity contribution in [1.82, 2.24) is 0 Å². The zero-order valence-electron chi connectivity index (χ0n) is 28.9. The lowest BCUT2D eigenvalue weighted by Gasteiger charge is -2.30. The molecule has 0 atom stereocenters. The molecule has 0 spiro atoms. The topological polar surface area (TPSA) is 29.5 Å². The normalized spacial score (nSPS) is 13.3. The summed E-state index contributed by atoms with van der Waals surface area (Å²) < 4.78 is 13.1. The van der Waals surface area contributed by atoms with Gasteiger partial charge in [0.25, 0.3) is 0 Å². The van der Waals surface area contributed by atoms with Crippen LogP contribution < -0.4 is 4.90 Å². The van der Waals surface area contributed by atoms with Gasteiger partial charge in [-0.3, -0.25) is 0 Å². The van der Waals surface area contributed by atoms with Crippen molar-refractivity contribution in [1.29, 1.82) is 0 Å². The summed E-state index contributed by atoms with van der Waals surface area (Å²) >= 11 is 0. The maximum absolute atomic E-state index is 6.65. The summed E-state index contributed by atoms with van der Waals surface area (Å²) in [7, 11) is 0. The average Bonchev–Trinajstić information content (AvgIpc) is 3.83. The minimum atomic E-state index is -0.139. The SMILES string of the molecule is CC1(C)c2ccccc2-c2ccc(N(c3ccc4c(c3)oc3ccccc34)c3ccccc3-c3cccc4oc5c6ccccc6ccc5c34)cc21. The number of rotatable bonds is 4. The Morgan fingerprint density at radius 3 is 2.00 bits per heavy atom. The highest BCUT2D eigenvalue weighted by Gasteiger charge is 2.36. The number of nitrogens with zero attached hydrogens (tertiary/aromatic N) is 1. The first kappa shape index (κ1) is 29.2. The number of benzene rings is 8. The molecule has 2 heterocycles. The lowest BCUT2D eigenvalue weighted by atomic mass is 9.82. The molecule has 0 aliphatic heterocycles. The predicted molar refractivity (Wildman–Crippen MR) is 216 cm³/mol. The first-order valence-electron chi connectivity index (χ1n) is 17.9. The number of fused-ring (bicyclic) bond motifs is 11. The van der Waals surface area contributed by atoms with Gasteiger partial charge in [-0.15, -0.1) is 0 Å². The summed E-state index contributed by atoms with van der Waals surface area (Å²) in [6.45, 7) is 4.68. The summed E-state index contributed by atoms with van der Waals surface area (Å²) in [5, 5.41) is 6.77. The van der Waals surface area contributed by atoms with Crippen LogP contribution in [0, 0.1) is 0 Å². The van der Waals surface area contributed by atoms with Gasteiger partial charge in [0.1, 0.15) is 22.3 Å². The van der Waals surface area contributed by atoms with E-state index in [1.54, 1.807) is 0 Å². The second kappa shape index (κ2) is 10.7. The number of para-hydroxylation sites is 2. The zero-order valence-corrected chi connectivity index (χ0v) is 28.9. The van der Waals surface area contributed by atoms with Crippen LogP contribution in [0.25, 0.3) is 76.9 Å². The van der Waals surface area contributed by atoms with Crippen LogP contribution in [0.15, 0.2) is 173 Å². The van der Waals surface area contributed by atoms with E-state index in [1.165, 1.54) is 27.6 Å². The molecule has 0 saturated carbocycles. The fraction of sp³-hybridized carbons (Fsp3) is 0.0612. The van der Waals surface area contributed by atoms with Crippen molar-refractivity contribution in [2.75, 3.05) is 4.90 Å². The molecule has 2 aromatic heterocycles. The molecule has 0 bridgehead atoms. The van der Waals surface area contributed by atoms with Gasteiger partial charge in [-0.2, -0.15) is 0 Å². The quantitative estimate of drug-likeness (QED) is 0.187. The van der Waals surface area contributed by atoms with Gasteiger partial charge in [-0.1, -0.05) is 123 Å². The summed E-state index contributed by atoms with van der Waals surface area (Å²) in [5.74, 6) is 0. The third-order valence-corrected chi connectivity index (χ3v) is 11.3. The van der Waals surface area contributed by atoms with E-state index in [-0.39, 0.29) is 5.41 Å². The molecule has 1 aliphatic rings. The Hall–Kier alpha value is -6.58. The largest absolute Gasteiger partial charge is 0.456 e. The maximum atomic E-state index is 6.65. The second-order valence-electron chi connectivity index (χ2n) is 14.5. The Morgan fingerprint density at radius 2 is 1.08 bits per heavy atom. The molecular weight excluding hydrogens is 635 g/mol. The van der Waals surface area contributed by atoms with Crippen molar-refractivity contribution in [3.8, 4) is 22.3 Å². The van der Waals surface area contributed by atoms with E-state index < -0.39 is 0 Å². The average molecular weight is 668 g/mol. The van der Waals surface area contributed by atoms with Gasteiger partial charge in [-0.05, 0) is 81.7 Å². The molecule has 0 fully saturated rings. The Kier molecular flexibility index (Phi) is 6.01. The smallest absolute Gasteiger partial charge is 0.143 e. The monoisotopic (exact) mass is 667 g/mol. The third kappa shape index (κ3) is 4.08. The summed E-state index contributed by atoms with van der Waals surface area (Å²) in [6.07, 6.45) is 0. The highest BCUT2D eigenvalue weighted by molar-refractivity contribution is 6.20. The minimum absolute atomic E-state index is 0.139. The molecule has 0 unspecified atom stereocenters. The second-order valence-corrected chi connectivity index (χ2v) is 14.5. The van der Waals surface area contributed by atoms with Crippen molar-refractivity contribution in [2.24, 2.45) is 0 Å². The molecule has 11 rings (SSSR count). The number of furan rings is 2. The Balaban J connectivity index is 1.17. The van der Waals surface area contributed by atoms with Gasteiger partial charge >= 0.3 is 0 Å². The van der Waals surface area contributed by atoms with Crippen molar-refractivity contribution in [3.05, 3.63) is 175 Å². The zero-order chi connectivity index (χ0) is 34.6. The molecular formula is C49H33NO2. The molecule has 0 amide bonds. The molecule has 0 saturated heterocycles. The van der Waals surface area contributed by atoms with Gasteiger partial charge < -0.3 is 13.7 Å². The van der Waals surface area contributed by atoms with Crippen LogP contribution in [0.4, 0.5) is 17.1 Å². The number of hydrogen-bond acceptors (Lipinski definition) is 3. The van der Waals surface area contributed by atoms with Crippen LogP contribution in [0.5, 0.6) is 0 Å². The molecule has 3 heteroatoms. The van der Waals surface area contributed by atoms with Gasteiger partial charge in [-0.25, -0.2) is 0 Å². The van der Waals surface area contributed by atoms with E-state index in [1.807, 2.05) is 12.1 Å². The van der Waals surface area contributed by atoms with Gasteiger partial charge in [0.05, 0.1) is 5.69 Å². The fourth-order valence-corrected chi connectivity index (χ4v) is 8.79. The first-order chi connectivity index (χ1) is 25.5. The van der Waals surface area contributed by atoms with Crippen LogP contribution in [0.1, 0.15) is 25.0 Å². The lowest BCUT2D eigenvalue weighted by Crippen LogP contribution is -2.16. The van der Waals surface area contributed by atoms with Crippen molar-refractivity contribution >= 4 is 71.7 Å². The van der Waals surface area contributed by atoms with E-state index in [0.717, 1.165) is 77.5 Å². The predicted octanol–water partition coefficient (Wildman–Crippen LogP) is 14.1. The van der Waals surface area contributed by atoms with Crippen LogP contribution in [0.3, 0.4) is 0 Å². The molecule has 8 aromatic carbocycles. The molecule has 0 radical (unpaired) electrons. The van der Waals surface area contributed by atoms with Crippen molar-refractivity contribution in [3.63, 3.8) is 0 Å². The molecule has 3 nitrogen and oxygen atoms in total. The molecule has 10 aromatic rings. The van der Waals surface area contributed by atoms with Gasteiger partial charge in [0.15, 0.2) is 0 Å². The van der Waals surface area contributed by atoms with Crippen LogP contribution >= 0.6 is 0 Å². The highest BCUT2D eigenvalue weighted by Crippen LogP contribution is 2.52. The van der Waals surface area contributed by atoms with Gasteiger partial charge in [0.2, 0.25) is 0 Å². The van der Waals surface area contributed by atoms with E-state index in [2.05, 4.69) is 170 Å². The van der Waals surface area contributed by atoms with Crippen molar-refractivity contribution < 1.29 is 8.83 Å². The van der Waals surface area contributed by atoms with E-state index in [4.69, 9.17) is 8.83 Å². The summed E-state index contributed by atoms with van der Waals surface area (Å²) in [6, 6.07) is 58.8. The minimum Gasteiger partial charge on any atom is -0.456 e. The van der Waals surface area contributed by atoms with Crippen LogP contribution in [-0.2, 0) is 5.41 Å². The van der Waals surface area contributed by atoms with Gasteiger partial charge in [0, 0.05) is 55.4 Å². The molecule has 1 aliphatic carbocycles. The Labute approximate surface area is 301 Å². The van der Waals surface area contributed by atoms with E-state index in [0.29, 0.717) is 0 Å². The Bertz CT molecular complexity index is 3070. The first-order valence-corrected chi connectivity index (χ1v) is 17.9. The maximum Gasteiger partial charge on any atom is 0.143 e. The number of hydrogen-bond donors (Lipinski definition) is 0.